The number of nitrogens with one attached hydrogen (secondary N) is 1. The first-order chi connectivity index (χ1) is 12.6. The summed E-state index contributed by atoms with van der Waals surface area (Å²) >= 11 is 0. The molecule has 1 aromatic heterocycles. The van der Waals surface area contributed by atoms with Crippen LogP contribution in [0.5, 0.6) is 0 Å². The Balaban J connectivity index is 1.39. The molecule has 1 aromatic rings. The normalized spacial score (nSPS) is 34.9. The van der Waals surface area contributed by atoms with Crippen molar-refractivity contribution in [2.24, 2.45) is 17.6 Å². The summed E-state index contributed by atoms with van der Waals surface area (Å²) in [7, 11) is 0. The van der Waals surface area contributed by atoms with Gasteiger partial charge in [-0.3, -0.25) is 9.59 Å². The highest BCUT2D eigenvalue weighted by atomic mass is 16.5. The number of amides is 2. The Labute approximate surface area is 152 Å². The van der Waals surface area contributed by atoms with Gasteiger partial charge in [0, 0.05) is 26.1 Å². The number of ether oxygens (including phenoxy) is 1. The third kappa shape index (κ3) is 2.18. The summed E-state index contributed by atoms with van der Waals surface area (Å²) in [5.41, 5.74) is 5.15. The maximum Gasteiger partial charge on any atom is 0.232 e. The Morgan fingerprint density at radius 3 is 3.19 bits per heavy atom. The number of anilines is 1. The molecule has 4 aliphatic heterocycles. The first-order valence-electron chi connectivity index (χ1n) is 9.65. The Morgan fingerprint density at radius 1 is 1.46 bits per heavy atom. The molecule has 2 amide bonds. The molecule has 0 radical (unpaired) electrons. The van der Waals surface area contributed by atoms with Crippen molar-refractivity contribution in [3.8, 4) is 0 Å². The van der Waals surface area contributed by atoms with Crippen LogP contribution in [0.25, 0.3) is 0 Å². The molecule has 0 aliphatic carbocycles. The summed E-state index contributed by atoms with van der Waals surface area (Å²) in [6.45, 7) is 2.40. The number of nitrogens with two attached hydrogens (primary N) is 1. The van der Waals surface area contributed by atoms with Gasteiger partial charge < -0.3 is 25.3 Å². The molecule has 3 fully saturated rings. The molecule has 5 rings (SSSR count). The molecule has 5 heterocycles. The Kier molecular flexibility index (Phi) is 3.62. The molecule has 140 valence electrons. The number of imidazole rings is 1. The molecule has 3 N–H and O–H groups in total. The maximum absolute atomic E-state index is 13.1. The summed E-state index contributed by atoms with van der Waals surface area (Å²) in [6.07, 6.45) is 6.44. The summed E-state index contributed by atoms with van der Waals surface area (Å²) in [5, 5.41) is 3.04. The van der Waals surface area contributed by atoms with Gasteiger partial charge in [-0.1, -0.05) is 0 Å². The van der Waals surface area contributed by atoms with Gasteiger partial charge in [-0.2, -0.15) is 0 Å². The third-order valence-corrected chi connectivity index (χ3v) is 6.52. The summed E-state index contributed by atoms with van der Waals surface area (Å²) < 4.78 is 8.30. The molecule has 1 spiro atoms. The van der Waals surface area contributed by atoms with Gasteiger partial charge in [0.1, 0.15) is 11.6 Å². The Morgan fingerprint density at radius 2 is 2.35 bits per heavy atom. The fourth-order valence-electron chi connectivity index (χ4n) is 5.41. The van der Waals surface area contributed by atoms with E-state index in [1.165, 1.54) is 0 Å². The molecule has 4 atom stereocenters. The van der Waals surface area contributed by atoms with Gasteiger partial charge in [-0.05, 0) is 25.7 Å². The summed E-state index contributed by atoms with van der Waals surface area (Å²) in [6, 6.07) is 0. The fraction of sp³-hybridized carbons (Fsp3) is 0.722. The highest BCUT2D eigenvalue weighted by molar-refractivity contribution is 5.98. The van der Waals surface area contributed by atoms with Crippen LogP contribution in [0.4, 0.5) is 5.82 Å². The highest BCUT2D eigenvalue weighted by Gasteiger charge is 2.68. The predicted octanol–water partition coefficient (Wildman–Crippen LogP) is 0.123. The van der Waals surface area contributed by atoms with Gasteiger partial charge in [-0.15, -0.1) is 0 Å². The molecular weight excluding hydrogens is 334 g/mol. The van der Waals surface area contributed by atoms with Gasteiger partial charge in [0.2, 0.25) is 11.8 Å². The van der Waals surface area contributed by atoms with Crippen molar-refractivity contribution in [1.29, 1.82) is 0 Å². The fourth-order valence-corrected chi connectivity index (χ4v) is 5.41. The lowest BCUT2D eigenvalue weighted by Crippen LogP contribution is -2.43. The lowest BCUT2D eigenvalue weighted by molar-refractivity contribution is -0.136. The van der Waals surface area contributed by atoms with Crippen molar-refractivity contribution in [1.82, 2.24) is 14.5 Å². The number of aromatic nitrogens is 2. The molecule has 8 nitrogen and oxygen atoms in total. The van der Waals surface area contributed by atoms with Crippen molar-refractivity contribution in [2.75, 3.05) is 25.0 Å². The van der Waals surface area contributed by atoms with Gasteiger partial charge in [0.05, 0.1) is 36.3 Å². The molecule has 3 saturated heterocycles. The zero-order valence-corrected chi connectivity index (χ0v) is 14.8. The van der Waals surface area contributed by atoms with Gasteiger partial charge in [-0.25, -0.2) is 4.98 Å². The zero-order valence-electron chi connectivity index (χ0n) is 14.8. The molecular formula is C18H25N5O3. The topological polar surface area (TPSA) is 102 Å². The van der Waals surface area contributed by atoms with E-state index in [0.29, 0.717) is 19.6 Å². The monoisotopic (exact) mass is 359 g/mol. The number of carbonyl (C=O) groups is 2. The van der Waals surface area contributed by atoms with Crippen molar-refractivity contribution in [2.45, 2.75) is 50.4 Å². The van der Waals surface area contributed by atoms with E-state index in [1.54, 1.807) is 11.1 Å². The number of carbonyl (C=O) groups excluding carboxylic acids is 2. The van der Waals surface area contributed by atoms with Crippen LogP contribution in [0.15, 0.2) is 6.20 Å². The van der Waals surface area contributed by atoms with Crippen molar-refractivity contribution in [3.63, 3.8) is 0 Å². The Bertz CT molecular complexity index is 762. The molecule has 2 bridgehead atoms. The second-order valence-electron chi connectivity index (χ2n) is 7.97. The number of aryl methyl sites for hydroxylation is 1. The van der Waals surface area contributed by atoms with Crippen LogP contribution in [0.3, 0.4) is 0 Å². The van der Waals surface area contributed by atoms with Crippen LogP contribution < -0.4 is 11.1 Å². The van der Waals surface area contributed by atoms with E-state index in [9.17, 15) is 9.59 Å². The lowest BCUT2D eigenvalue weighted by atomic mass is 9.73. The van der Waals surface area contributed by atoms with Crippen molar-refractivity contribution < 1.29 is 14.3 Å². The van der Waals surface area contributed by atoms with Crippen LogP contribution in [-0.4, -0.2) is 57.6 Å². The van der Waals surface area contributed by atoms with Crippen LogP contribution in [-0.2, 0) is 27.3 Å². The minimum absolute atomic E-state index is 0.0214. The summed E-state index contributed by atoms with van der Waals surface area (Å²) in [5.74, 6) is 0.875. The first kappa shape index (κ1) is 16.3. The number of rotatable bonds is 4. The van der Waals surface area contributed by atoms with E-state index in [1.807, 2.05) is 0 Å². The van der Waals surface area contributed by atoms with Crippen LogP contribution >= 0.6 is 0 Å². The number of fused-ring (bicyclic) bond motifs is 2. The largest absolute Gasteiger partial charge is 0.368 e. The lowest BCUT2D eigenvalue weighted by Gasteiger charge is -2.27. The predicted molar refractivity (Wildman–Crippen MR) is 93.2 cm³/mol. The van der Waals surface area contributed by atoms with Crippen LogP contribution in [0, 0.1) is 11.8 Å². The SMILES string of the molecule is NCCN1C[C@@]23CC[C@@H](O2)[C@@H](C(=O)Nc2cnc4n2CCCC4)[C@H]3C1=O. The molecule has 26 heavy (non-hydrogen) atoms. The van der Waals surface area contributed by atoms with E-state index in [0.717, 1.165) is 50.3 Å². The van der Waals surface area contributed by atoms with Gasteiger partial charge in [0.25, 0.3) is 0 Å². The van der Waals surface area contributed by atoms with E-state index in [2.05, 4.69) is 14.9 Å². The van der Waals surface area contributed by atoms with Gasteiger partial charge >= 0.3 is 0 Å². The third-order valence-electron chi connectivity index (χ3n) is 6.52. The van der Waals surface area contributed by atoms with Crippen molar-refractivity contribution in [3.05, 3.63) is 12.0 Å². The number of hydrogen-bond donors (Lipinski definition) is 2. The van der Waals surface area contributed by atoms with E-state index >= 15 is 0 Å². The van der Waals surface area contributed by atoms with E-state index < -0.39 is 11.5 Å². The first-order valence-corrected chi connectivity index (χ1v) is 9.65. The van der Waals surface area contributed by atoms with E-state index in [-0.39, 0.29) is 23.8 Å². The summed E-state index contributed by atoms with van der Waals surface area (Å²) in [4.78, 5) is 32.2. The minimum Gasteiger partial charge on any atom is -0.368 e. The number of nitrogens with zero attached hydrogens (tertiary/aromatic N) is 3. The molecule has 0 unspecified atom stereocenters. The smallest absolute Gasteiger partial charge is 0.232 e. The second-order valence-corrected chi connectivity index (χ2v) is 7.97. The molecule has 0 aromatic carbocycles. The molecule has 0 saturated carbocycles. The average molecular weight is 359 g/mol. The van der Waals surface area contributed by atoms with Crippen LogP contribution in [0.1, 0.15) is 31.5 Å². The molecule has 4 aliphatic rings. The standard InChI is InChI=1S/C18H25N5O3/c19-6-8-22-10-18-5-4-11(26-18)14(15(18)17(22)25)16(24)21-13-9-20-12-3-1-2-7-23(12)13/h9,11,14-15H,1-8,10,19H2,(H,21,24)/t11-,14-,15+,18-/m1/s1. The number of hydrogen-bond acceptors (Lipinski definition) is 5. The van der Waals surface area contributed by atoms with Gasteiger partial charge in [0.15, 0.2) is 0 Å². The minimum atomic E-state index is -0.490. The van der Waals surface area contributed by atoms with Crippen molar-refractivity contribution >= 4 is 17.6 Å². The highest BCUT2D eigenvalue weighted by Crippen LogP contribution is 2.55. The van der Waals surface area contributed by atoms with Crippen LogP contribution in [0.2, 0.25) is 0 Å². The zero-order chi connectivity index (χ0) is 17.9. The number of likely N-dealkylation sites (tertiary alicyclic amines) is 1. The molecule has 8 heteroatoms. The second kappa shape index (κ2) is 5.79. The average Bonchev–Trinajstić information content (AvgIpc) is 3.37. The Hall–Kier alpha value is -1.93. The quantitative estimate of drug-likeness (QED) is 0.795. The maximum atomic E-state index is 13.1. The van der Waals surface area contributed by atoms with E-state index in [4.69, 9.17) is 10.5 Å².